The number of nitrogens with zero attached hydrogens (tertiary/aromatic N) is 1. The second-order valence-corrected chi connectivity index (χ2v) is 8.89. The minimum absolute atomic E-state index is 0.0124. The van der Waals surface area contributed by atoms with Gasteiger partial charge < -0.3 is 0 Å². The average molecular weight is 340 g/mol. The van der Waals surface area contributed by atoms with Crippen molar-refractivity contribution < 1.29 is 0 Å². The summed E-state index contributed by atoms with van der Waals surface area (Å²) in [6, 6.07) is 0. The van der Waals surface area contributed by atoms with Crippen LogP contribution in [0.4, 0.5) is 0 Å². The fourth-order valence-corrected chi connectivity index (χ4v) is 3.07. The first-order chi connectivity index (χ1) is 11.5. The maximum atomic E-state index is 4.47. The molecule has 0 unspecified atom stereocenters. The van der Waals surface area contributed by atoms with Crippen LogP contribution in [0.15, 0.2) is 63.7 Å². The van der Waals surface area contributed by atoms with E-state index in [1.165, 1.54) is 36.0 Å². The fourth-order valence-electron chi connectivity index (χ4n) is 3.07. The van der Waals surface area contributed by atoms with Gasteiger partial charge in [-0.15, -0.1) is 0 Å². The Bertz CT molecular complexity index is 625. The molecule has 1 aliphatic rings. The quantitative estimate of drug-likeness (QED) is 0.366. The van der Waals surface area contributed by atoms with Gasteiger partial charge in [0, 0.05) is 6.21 Å². The molecule has 0 spiro atoms. The largest absolute Gasteiger partial charge is 0.287 e. The number of rotatable bonds is 5. The van der Waals surface area contributed by atoms with Crippen LogP contribution in [0.2, 0.25) is 0 Å². The summed E-state index contributed by atoms with van der Waals surface area (Å²) in [7, 11) is 0. The lowest BCUT2D eigenvalue weighted by molar-refractivity contribution is 0.377. The third-order valence-electron chi connectivity index (χ3n) is 4.57. The molecule has 0 aliphatic heterocycles. The first-order valence-electron chi connectivity index (χ1n) is 9.47. The topological polar surface area (TPSA) is 12.4 Å². The summed E-state index contributed by atoms with van der Waals surface area (Å²) in [5.41, 5.74) is 5.84. The van der Waals surface area contributed by atoms with Crippen LogP contribution in [-0.2, 0) is 0 Å². The van der Waals surface area contributed by atoms with Crippen molar-refractivity contribution >= 4 is 6.21 Å². The summed E-state index contributed by atoms with van der Waals surface area (Å²) in [5.74, 6) is 0. The summed E-state index contributed by atoms with van der Waals surface area (Å²) in [4.78, 5) is 4.47. The summed E-state index contributed by atoms with van der Waals surface area (Å²) < 4.78 is 0. The van der Waals surface area contributed by atoms with Gasteiger partial charge in [-0.1, -0.05) is 55.4 Å². The molecule has 0 bridgehead atoms. The molecule has 0 radical (unpaired) electrons. The SMILES string of the molecule is CC1=C(/C=C/C(C)=C/C=C/C(C)=C/C=NC(C)(C)C)C(C)(C)CCC1. The van der Waals surface area contributed by atoms with Gasteiger partial charge in [-0.3, -0.25) is 4.99 Å². The predicted molar refractivity (Wildman–Crippen MR) is 114 cm³/mol. The minimum Gasteiger partial charge on any atom is -0.287 e. The van der Waals surface area contributed by atoms with Crippen LogP contribution in [0, 0.1) is 5.41 Å². The molecule has 0 saturated heterocycles. The molecule has 0 heterocycles. The van der Waals surface area contributed by atoms with Gasteiger partial charge in [-0.25, -0.2) is 0 Å². The second-order valence-electron chi connectivity index (χ2n) is 8.89. The monoisotopic (exact) mass is 339 g/mol. The van der Waals surface area contributed by atoms with E-state index in [0.29, 0.717) is 5.41 Å². The highest BCUT2D eigenvalue weighted by atomic mass is 14.8. The molecule has 1 rings (SSSR count). The van der Waals surface area contributed by atoms with Gasteiger partial charge in [-0.2, -0.15) is 0 Å². The van der Waals surface area contributed by atoms with Crippen molar-refractivity contribution in [2.45, 2.75) is 80.2 Å². The van der Waals surface area contributed by atoms with Crippen LogP contribution in [0.25, 0.3) is 0 Å². The van der Waals surface area contributed by atoms with Crippen molar-refractivity contribution in [1.29, 1.82) is 0 Å². The Morgan fingerprint density at radius 1 is 1.04 bits per heavy atom. The van der Waals surface area contributed by atoms with E-state index in [1.807, 2.05) is 6.21 Å². The molecule has 1 heteroatoms. The number of hydrogen-bond donors (Lipinski definition) is 0. The predicted octanol–water partition coefficient (Wildman–Crippen LogP) is 7.39. The highest BCUT2D eigenvalue weighted by molar-refractivity contribution is 5.73. The van der Waals surface area contributed by atoms with Crippen LogP contribution in [0.3, 0.4) is 0 Å². The van der Waals surface area contributed by atoms with E-state index >= 15 is 0 Å². The lowest BCUT2D eigenvalue weighted by Crippen LogP contribution is -2.19. The van der Waals surface area contributed by atoms with E-state index in [-0.39, 0.29) is 5.54 Å². The Hall–Kier alpha value is -1.63. The number of aliphatic imine (C=N–C) groups is 1. The Labute approximate surface area is 156 Å². The zero-order valence-corrected chi connectivity index (χ0v) is 17.6. The molecule has 138 valence electrons. The molecule has 1 aliphatic carbocycles. The van der Waals surface area contributed by atoms with Crippen LogP contribution in [0.5, 0.6) is 0 Å². The van der Waals surface area contributed by atoms with Crippen LogP contribution < -0.4 is 0 Å². The molecule has 0 amide bonds. The van der Waals surface area contributed by atoms with E-state index in [0.717, 1.165) is 0 Å². The first kappa shape index (κ1) is 21.4. The van der Waals surface area contributed by atoms with E-state index in [9.17, 15) is 0 Å². The van der Waals surface area contributed by atoms with Gasteiger partial charge in [0.05, 0.1) is 5.54 Å². The maximum absolute atomic E-state index is 4.47. The Kier molecular flexibility index (Phi) is 7.86. The molecule has 1 nitrogen and oxygen atoms in total. The second kappa shape index (κ2) is 9.17. The van der Waals surface area contributed by atoms with Crippen molar-refractivity contribution in [3.63, 3.8) is 0 Å². The van der Waals surface area contributed by atoms with E-state index in [1.54, 1.807) is 5.57 Å². The molecule has 0 N–H and O–H groups in total. The average Bonchev–Trinajstić information content (AvgIpc) is 2.44. The molecular formula is C24H37N. The molecule has 0 aromatic heterocycles. The van der Waals surface area contributed by atoms with Crippen LogP contribution in [-0.4, -0.2) is 11.8 Å². The summed E-state index contributed by atoms with van der Waals surface area (Å²) in [5, 5.41) is 0. The van der Waals surface area contributed by atoms with Crippen molar-refractivity contribution in [2.75, 3.05) is 0 Å². The minimum atomic E-state index is -0.0124. The van der Waals surface area contributed by atoms with Gasteiger partial charge in [-0.05, 0) is 83.4 Å². The van der Waals surface area contributed by atoms with Crippen molar-refractivity contribution in [3.05, 3.63) is 58.7 Å². The van der Waals surface area contributed by atoms with Gasteiger partial charge in [0.15, 0.2) is 0 Å². The Morgan fingerprint density at radius 3 is 2.28 bits per heavy atom. The van der Waals surface area contributed by atoms with E-state index < -0.39 is 0 Å². The zero-order chi connectivity index (χ0) is 19.1. The number of hydrogen-bond acceptors (Lipinski definition) is 1. The summed E-state index contributed by atoms with van der Waals surface area (Å²) in [6.45, 7) is 17.6. The molecule has 0 aromatic rings. The standard InChI is InChI=1S/C24H37N/c1-19(11-9-12-20(2)16-18-25-23(4,5)6)14-15-22-21(3)13-10-17-24(22,7)8/h9,11-12,14-16,18H,10,13,17H2,1-8H3/b12-9+,15-14+,19-11+,20-16+,25-18?. The van der Waals surface area contributed by atoms with E-state index in [2.05, 4.69) is 96.8 Å². The van der Waals surface area contributed by atoms with Gasteiger partial charge in [0.2, 0.25) is 0 Å². The molecular weight excluding hydrogens is 302 g/mol. The first-order valence-corrected chi connectivity index (χ1v) is 9.47. The fraction of sp³-hybridized carbons (Fsp3) is 0.542. The summed E-state index contributed by atoms with van der Waals surface area (Å²) in [6.07, 6.45) is 18.8. The lowest BCUT2D eigenvalue weighted by Gasteiger charge is -2.32. The zero-order valence-electron chi connectivity index (χ0n) is 17.6. The summed E-state index contributed by atoms with van der Waals surface area (Å²) >= 11 is 0. The van der Waals surface area contributed by atoms with E-state index in [4.69, 9.17) is 0 Å². The number of allylic oxidation sites excluding steroid dienone is 10. The van der Waals surface area contributed by atoms with Gasteiger partial charge >= 0.3 is 0 Å². The van der Waals surface area contributed by atoms with Crippen molar-refractivity contribution in [1.82, 2.24) is 0 Å². The van der Waals surface area contributed by atoms with Gasteiger partial charge in [0.25, 0.3) is 0 Å². The molecule has 0 atom stereocenters. The molecule has 0 fully saturated rings. The third kappa shape index (κ3) is 8.34. The molecule has 25 heavy (non-hydrogen) atoms. The van der Waals surface area contributed by atoms with Crippen LogP contribution >= 0.6 is 0 Å². The maximum Gasteiger partial charge on any atom is 0.0524 e. The van der Waals surface area contributed by atoms with Crippen LogP contribution in [0.1, 0.15) is 74.7 Å². The lowest BCUT2D eigenvalue weighted by atomic mass is 9.72. The normalized spacial score (nSPS) is 20.5. The van der Waals surface area contributed by atoms with Crippen molar-refractivity contribution in [2.24, 2.45) is 10.4 Å². The Morgan fingerprint density at radius 2 is 1.68 bits per heavy atom. The highest BCUT2D eigenvalue weighted by Crippen LogP contribution is 2.40. The highest BCUT2D eigenvalue weighted by Gasteiger charge is 2.26. The van der Waals surface area contributed by atoms with Crippen molar-refractivity contribution in [3.8, 4) is 0 Å². The Balaban J connectivity index is 2.73. The third-order valence-corrected chi connectivity index (χ3v) is 4.57. The van der Waals surface area contributed by atoms with Gasteiger partial charge in [0.1, 0.15) is 0 Å². The molecule has 0 saturated carbocycles. The smallest absolute Gasteiger partial charge is 0.0524 e. The molecule has 0 aromatic carbocycles.